The van der Waals surface area contributed by atoms with Gasteiger partial charge in [-0.3, -0.25) is 9.67 Å². The molecular weight excluding hydrogens is 531 g/mol. The van der Waals surface area contributed by atoms with Crippen LogP contribution in [0.15, 0.2) is 83.4 Å². The van der Waals surface area contributed by atoms with E-state index in [9.17, 15) is 18.0 Å². The summed E-state index contributed by atoms with van der Waals surface area (Å²) in [4.78, 5) is 19.2. The van der Waals surface area contributed by atoms with E-state index >= 15 is 0 Å². The topological polar surface area (TPSA) is 86.6 Å². The van der Waals surface area contributed by atoms with E-state index in [1.807, 2.05) is 47.1 Å². The molecule has 0 saturated carbocycles. The number of rotatable bonds is 5. The first kappa shape index (κ1) is 27.8. The second-order valence-corrected chi connectivity index (χ2v) is 10.2. The number of fused-ring (bicyclic) bond motifs is 1. The lowest BCUT2D eigenvalue weighted by molar-refractivity contribution is -0.0945. The molecule has 3 N–H and O–H groups in total. The Morgan fingerprint density at radius 3 is 2.76 bits per heavy atom. The molecule has 11 heteroatoms. The van der Waals surface area contributed by atoms with Gasteiger partial charge < -0.3 is 20.9 Å². The number of aromatic nitrogens is 2. The Labute approximate surface area is 236 Å². The molecule has 3 aliphatic rings. The van der Waals surface area contributed by atoms with Crippen LogP contribution in [0.1, 0.15) is 37.4 Å². The third kappa shape index (κ3) is 6.54. The van der Waals surface area contributed by atoms with E-state index in [-0.39, 0.29) is 18.5 Å². The molecule has 0 fully saturated rings. The molecule has 0 saturated heterocycles. The van der Waals surface area contributed by atoms with Crippen LogP contribution in [-0.2, 0) is 0 Å². The van der Waals surface area contributed by atoms with Gasteiger partial charge in [0.05, 0.1) is 30.2 Å². The third-order valence-corrected chi connectivity index (χ3v) is 6.78. The Morgan fingerprint density at radius 1 is 1.17 bits per heavy atom. The molecule has 5 rings (SSSR count). The van der Waals surface area contributed by atoms with Crippen molar-refractivity contribution in [2.45, 2.75) is 51.5 Å². The maximum absolute atomic E-state index is 13.0. The first-order valence-electron chi connectivity index (χ1n) is 13.2. The van der Waals surface area contributed by atoms with E-state index in [1.165, 1.54) is 12.2 Å². The van der Waals surface area contributed by atoms with Crippen LogP contribution in [0.4, 0.5) is 29.3 Å². The molecular formula is C30H30F3N7O. The lowest BCUT2D eigenvalue weighted by Crippen LogP contribution is -2.38. The standard InChI is InChI=1S/C30H30F3N7O/c1-19(2)40-18-25(16-35-40)36-27-8-5-13-39-26(17-34-28(27)39)12-10-21-14-24(11-9-20(21)3)38-29(41)37-23-7-4-6-22(15-23)30(31,32)33/h4-9,11,13-14,16,18-19,23,26,36H,15,17H2,1-3H3,(H2,37,38,41). The SMILES string of the molecule is Cc1ccc(NC(=O)NC2C=CC=C(C(F)(F)F)C2)cc1C#CC1CN=C2C(Nc3cnn(C(C)C)c3)=CC=CN21. The fourth-order valence-electron chi connectivity index (χ4n) is 4.57. The smallest absolute Gasteiger partial charge is 0.350 e. The van der Waals surface area contributed by atoms with E-state index in [1.54, 1.807) is 18.3 Å². The van der Waals surface area contributed by atoms with Crippen LogP contribution in [0.5, 0.6) is 0 Å². The van der Waals surface area contributed by atoms with Crippen molar-refractivity contribution in [2.24, 2.45) is 4.99 Å². The molecule has 0 bridgehead atoms. The van der Waals surface area contributed by atoms with E-state index < -0.39 is 23.8 Å². The van der Waals surface area contributed by atoms with Crippen LogP contribution in [0.25, 0.3) is 0 Å². The molecule has 2 aromatic rings. The molecule has 2 atom stereocenters. The second-order valence-electron chi connectivity index (χ2n) is 10.2. The van der Waals surface area contributed by atoms with E-state index in [2.05, 4.69) is 46.7 Å². The average Bonchev–Trinajstić information content (AvgIpc) is 3.56. The highest BCUT2D eigenvalue weighted by atomic mass is 19.4. The Kier molecular flexibility index (Phi) is 7.75. The van der Waals surface area contributed by atoms with Crippen molar-refractivity contribution >= 4 is 23.2 Å². The zero-order chi connectivity index (χ0) is 29.1. The fourth-order valence-corrected chi connectivity index (χ4v) is 4.57. The molecule has 2 aliphatic heterocycles. The number of carbonyl (C=O) groups excluding carboxylic acids is 1. The van der Waals surface area contributed by atoms with Crippen LogP contribution in [0, 0.1) is 18.8 Å². The number of aliphatic imine (C=N–C) groups is 1. The summed E-state index contributed by atoms with van der Waals surface area (Å²) in [6.07, 6.45) is 8.71. The summed E-state index contributed by atoms with van der Waals surface area (Å²) < 4.78 is 41.0. The van der Waals surface area contributed by atoms with Gasteiger partial charge in [-0.2, -0.15) is 18.3 Å². The van der Waals surface area contributed by atoms with Crippen LogP contribution in [0.3, 0.4) is 0 Å². The van der Waals surface area contributed by atoms with Crippen molar-refractivity contribution in [2.75, 3.05) is 17.2 Å². The second kappa shape index (κ2) is 11.4. The van der Waals surface area contributed by atoms with Gasteiger partial charge in [0, 0.05) is 41.7 Å². The number of urea groups is 1. The fraction of sp³-hybridized carbons (Fsp3) is 0.300. The summed E-state index contributed by atoms with van der Waals surface area (Å²) in [5.41, 5.74) is 3.20. The van der Waals surface area contributed by atoms with Gasteiger partial charge in [0.2, 0.25) is 0 Å². The van der Waals surface area contributed by atoms with E-state index in [4.69, 9.17) is 4.99 Å². The average molecular weight is 562 g/mol. The van der Waals surface area contributed by atoms with Crippen molar-refractivity contribution in [1.82, 2.24) is 20.0 Å². The minimum absolute atomic E-state index is 0.168. The van der Waals surface area contributed by atoms with Crippen LogP contribution < -0.4 is 16.0 Å². The number of nitrogens with one attached hydrogen (secondary N) is 3. The zero-order valence-corrected chi connectivity index (χ0v) is 22.8. The van der Waals surface area contributed by atoms with Crippen molar-refractivity contribution < 1.29 is 18.0 Å². The number of hydrogen-bond donors (Lipinski definition) is 3. The number of amides is 2. The quantitative estimate of drug-likeness (QED) is 0.411. The normalized spacial score (nSPS) is 19.6. The number of benzene rings is 1. The zero-order valence-electron chi connectivity index (χ0n) is 22.8. The van der Waals surface area contributed by atoms with E-state index in [0.29, 0.717) is 12.2 Å². The maximum atomic E-state index is 13.0. The summed E-state index contributed by atoms with van der Waals surface area (Å²) in [6, 6.07) is 4.06. The Hall–Kier alpha value is -4.72. The third-order valence-electron chi connectivity index (χ3n) is 6.78. The summed E-state index contributed by atoms with van der Waals surface area (Å²) in [5.74, 6) is 7.31. The summed E-state index contributed by atoms with van der Waals surface area (Å²) in [7, 11) is 0. The number of alkyl halides is 3. The lowest BCUT2D eigenvalue weighted by Gasteiger charge is -2.24. The van der Waals surface area contributed by atoms with Gasteiger partial charge in [-0.25, -0.2) is 4.79 Å². The molecule has 0 spiro atoms. The number of amidine groups is 1. The summed E-state index contributed by atoms with van der Waals surface area (Å²) in [5, 5.41) is 13.0. The number of nitrogens with zero attached hydrogens (tertiary/aromatic N) is 4. The molecule has 1 aromatic carbocycles. The molecule has 2 amide bonds. The van der Waals surface area contributed by atoms with Crippen molar-refractivity contribution in [3.8, 4) is 11.8 Å². The Balaban J connectivity index is 1.21. The number of aryl methyl sites for hydroxylation is 1. The highest BCUT2D eigenvalue weighted by Crippen LogP contribution is 2.31. The number of anilines is 2. The highest BCUT2D eigenvalue weighted by Gasteiger charge is 2.35. The Morgan fingerprint density at radius 2 is 2.00 bits per heavy atom. The van der Waals surface area contributed by atoms with Crippen molar-refractivity contribution in [3.63, 3.8) is 0 Å². The number of halogens is 3. The summed E-state index contributed by atoms with van der Waals surface area (Å²) in [6.45, 7) is 6.55. The summed E-state index contributed by atoms with van der Waals surface area (Å²) >= 11 is 0. The molecule has 1 aromatic heterocycles. The monoisotopic (exact) mass is 561 g/mol. The van der Waals surface area contributed by atoms with Gasteiger partial charge in [-0.05, 0) is 50.6 Å². The molecule has 0 radical (unpaired) electrons. The molecule has 3 heterocycles. The molecule has 212 valence electrons. The minimum Gasteiger partial charge on any atom is -0.350 e. The lowest BCUT2D eigenvalue weighted by atomic mass is 10.0. The molecule has 41 heavy (non-hydrogen) atoms. The van der Waals surface area contributed by atoms with Gasteiger partial charge in [0.15, 0.2) is 5.84 Å². The van der Waals surface area contributed by atoms with Crippen LogP contribution in [-0.4, -0.2) is 51.4 Å². The maximum Gasteiger partial charge on any atom is 0.412 e. The minimum atomic E-state index is -4.42. The van der Waals surface area contributed by atoms with Gasteiger partial charge in [0.1, 0.15) is 6.04 Å². The first-order chi connectivity index (χ1) is 19.6. The highest BCUT2D eigenvalue weighted by molar-refractivity contribution is 6.04. The van der Waals surface area contributed by atoms with Crippen molar-refractivity contribution in [3.05, 3.63) is 89.6 Å². The number of allylic oxidation sites excluding steroid dienone is 4. The molecule has 2 unspecified atom stereocenters. The number of carbonyl (C=O) groups is 1. The largest absolute Gasteiger partial charge is 0.412 e. The van der Waals surface area contributed by atoms with Gasteiger partial charge in [-0.1, -0.05) is 36.1 Å². The van der Waals surface area contributed by atoms with Crippen LogP contribution >= 0.6 is 0 Å². The predicted octanol–water partition coefficient (Wildman–Crippen LogP) is 5.67. The van der Waals surface area contributed by atoms with Gasteiger partial charge in [-0.15, -0.1) is 0 Å². The molecule has 1 aliphatic carbocycles. The van der Waals surface area contributed by atoms with E-state index in [0.717, 1.165) is 34.4 Å². The number of hydrogen-bond acceptors (Lipinski definition) is 5. The van der Waals surface area contributed by atoms with Gasteiger partial charge in [0.25, 0.3) is 0 Å². The molecule has 8 nitrogen and oxygen atoms in total. The van der Waals surface area contributed by atoms with Crippen molar-refractivity contribution in [1.29, 1.82) is 0 Å². The Bertz CT molecular complexity index is 1550. The first-order valence-corrected chi connectivity index (χ1v) is 13.2. The van der Waals surface area contributed by atoms with Gasteiger partial charge >= 0.3 is 12.2 Å². The predicted molar refractivity (Wildman–Crippen MR) is 153 cm³/mol. The van der Waals surface area contributed by atoms with Crippen LogP contribution in [0.2, 0.25) is 0 Å².